The fourth-order valence-electron chi connectivity index (χ4n) is 4.03. The number of anilines is 1. The molecule has 4 rings (SSSR count). The Morgan fingerprint density at radius 2 is 1.58 bits per heavy atom. The number of aliphatic hydroxyl groups is 1. The maximum Gasteiger partial charge on any atom is 0.416 e. The van der Waals surface area contributed by atoms with Gasteiger partial charge in [0.25, 0.3) is 11.7 Å². The minimum atomic E-state index is -4.70. The molecule has 10 heteroatoms. The molecule has 1 fully saturated rings. The number of aliphatic hydroxyl groups excluding tert-OH is 1. The highest BCUT2D eigenvalue weighted by molar-refractivity contribution is 6.51. The van der Waals surface area contributed by atoms with Crippen molar-refractivity contribution in [2.75, 3.05) is 19.1 Å². The van der Waals surface area contributed by atoms with Crippen molar-refractivity contribution in [2.45, 2.75) is 12.2 Å². The van der Waals surface area contributed by atoms with Crippen molar-refractivity contribution in [3.05, 3.63) is 94.8 Å². The van der Waals surface area contributed by atoms with Crippen LogP contribution >= 0.6 is 0 Å². The van der Waals surface area contributed by atoms with Crippen molar-refractivity contribution in [3.8, 4) is 11.5 Å². The Morgan fingerprint density at radius 3 is 2.19 bits per heavy atom. The van der Waals surface area contributed by atoms with E-state index in [1.165, 1.54) is 50.6 Å². The first kappa shape index (κ1) is 24.8. The minimum absolute atomic E-state index is 0.0453. The highest BCUT2D eigenvalue weighted by Gasteiger charge is 2.47. The van der Waals surface area contributed by atoms with E-state index in [9.17, 15) is 32.3 Å². The second-order valence-electron chi connectivity index (χ2n) is 7.84. The second-order valence-corrected chi connectivity index (χ2v) is 7.84. The zero-order valence-corrected chi connectivity index (χ0v) is 19.0. The summed E-state index contributed by atoms with van der Waals surface area (Å²) in [4.78, 5) is 27.2. The Balaban J connectivity index is 1.97. The first-order valence-corrected chi connectivity index (χ1v) is 10.5. The Hall–Kier alpha value is -4.34. The van der Waals surface area contributed by atoms with Crippen LogP contribution in [0.25, 0.3) is 5.76 Å². The van der Waals surface area contributed by atoms with Crippen molar-refractivity contribution in [1.29, 1.82) is 0 Å². The van der Waals surface area contributed by atoms with Crippen molar-refractivity contribution in [2.24, 2.45) is 0 Å². The molecule has 0 radical (unpaired) electrons. The predicted molar refractivity (Wildman–Crippen MR) is 122 cm³/mol. The number of halogens is 4. The first-order valence-electron chi connectivity index (χ1n) is 10.5. The number of ether oxygens (including phenoxy) is 2. The normalized spacial score (nSPS) is 17.4. The highest BCUT2D eigenvalue weighted by atomic mass is 19.4. The molecule has 1 atom stereocenters. The van der Waals surface area contributed by atoms with Gasteiger partial charge in [0.15, 0.2) is 11.5 Å². The number of alkyl halides is 3. The summed E-state index contributed by atoms with van der Waals surface area (Å²) in [5.41, 5.74) is -1.30. The molecule has 1 aliphatic rings. The first-order chi connectivity index (χ1) is 17.1. The van der Waals surface area contributed by atoms with Gasteiger partial charge in [-0.05, 0) is 60.2 Å². The van der Waals surface area contributed by atoms with E-state index in [1.807, 2.05) is 0 Å². The number of hydrogen-bond donors (Lipinski definition) is 1. The maximum atomic E-state index is 13.4. The molecule has 1 amide bonds. The Bertz CT molecular complexity index is 1370. The van der Waals surface area contributed by atoms with Crippen LogP contribution in [0.3, 0.4) is 0 Å². The van der Waals surface area contributed by atoms with Gasteiger partial charge in [-0.25, -0.2) is 4.39 Å². The molecule has 3 aromatic carbocycles. The molecule has 1 N–H and O–H groups in total. The number of amides is 1. The summed E-state index contributed by atoms with van der Waals surface area (Å²) in [6, 6.07) is 11.6. The highest BCUT2D eigenvalue weighted by Crippen LogP contribution is 2.45. The van der Waals surface area contributed by atoms with Crippen LogP contribution in [0.5, 0.6) is 11.5 Å². The van der Waals surface area contributed by atoms with Crippen LogP contribution in [0.4, 0.5) is 23.2 Å². The second kappa shape index (κ2) is 9.37. The van der Waals surface area contributed by atoms with Crippen molar-refractivity contribution >= 4 is 23.1 Å². The van der Waals surface area contributed by atoms with Crippen molar-refractivity contribution < 1.29 is 41.7 Å². The van der Waals surface area contributed by atoms with E-state index in [0.29, 0.717) is 5.75 Å². The van der Waals surface area contributed by atoms with Crippen LogP contribution in [0, 0.1) is 5.82 Å². The molecule has 1 heterocycles. The number of benzene rings is 3. The number of carbonyl (C=O) groups excluding carboxylic acids is 2. The third-order valence-corrected chi connectivity index (χ3v) is 5.74. The Labute approximate surface area is 203 Å². The summed E-state index contributed by atoms with van der Waals surface area (Å²) in [7, 11) is 2.77. The zero-order valence-electron chi connectivity index (χ0n) is 19.0. The minimum Gasteiger partial charge on any atom is -0.507 e. The number of nitrogens with zero attached hydrogens (tertiary/aromatic N) is 1. The van der Waals surface area contributed by atoms with Gasteiger partial charge in [-0.15, -0.1) is 0 Å². The van der Waals surface area contributed by atoms with Crippen LogP contribution in [0.2, 0.25) is 0 Å². The number of Topliss-reactive ketones (excluding diaryl/α,β-unsaturated/α-hetero) is 1. The molecule has 0 spiro atoms. The standard InChI is InChI=1S/C26H19F4NO5/c1-35-19-11-8-15(12-20(19)36-2)22-21(23(32)14-6-9-17(27)10-7-14)24(33)25(34)31(22)18-5-3-4-16(13-18)26(28,29)30/h3-13,22,32H,1-2H3/b23-21+. The molecule has 1 unspecified atom stereocenters. The molecule has 6 nitrogen and oxygen atoms in total. The fraction of sp³-hybridized carbons (Fsp3) is 0.154. The Morgan fingerprint density at radius 1 is 0.917 bits per heavy atom. The molecule has 0 aromatic heterocycles. The lowest BCUT2D eigenvalue weighted by atomic mass is 9.94. The summed E-state index contributed by atoms with van der Waals surface area (Å²) < 4.78 is 64.2. The summed E-state index contributed by atoms with van der Waals surface area (Å²) >= 11 is 0. The van der Waals surface area contributed by atoms with E-state index < -0.39 is 41.0 Å². The molecule has 1 aliphatic heterocycles. The van der Waals surface area contributed by atoms with E-state index in [0.717, 1.165) is 35.2 Å². The van der Waals surface area contributed by atoms with Gasteiger partial charge in [0.2, 0.25) is 0 Å². The average molecular weight is 501 g/mol. The molecule has 36 heavy (non-hydrogen) atoms. The predicted octanol–water partition coefficient (Wildman–Crippen LogP) is 5.49. The largest absolute Gasteiger partial charge is 0.507 e. The summed E-state index contributed by atoms with van der Waals surface area (Å²) in [5, 5.41) is 11.0. The van der Waals surface area contributed by atoms with Crippen LogP contribution in [0.1, 0.15) is 22.7 Å². The third-order valence-electron chi connectivity index (χ3n) is 5.74. The third kappa shape index (κ3) is 4.37. The van der Waals surface area contributed by atoms with E-state index >= 15 is 0 Å². The van der Waals surface area contributed by atoms with Gasteiger partial charge in [-0.2, -0.15) is 13.2 Å². The van der Waals surface area contributed by atoms with Crippen molar-refractivity contribution in [1.82, 2.24) is 0 Å². The quantitative estimate of drug-likeness (QED) is 0.217. The molecule has 0 bridgehead atoms. The fourth-order valence-corrected chi connectivity index (χ4v) is 4.03. The molecular formula is C26H19F4NO5. The van der Waals surface area contributed by atoms with Gasteiger partial charge in [-0.1, -0.05) is 12.1 Å². The number of hydrogen-bond acceptors (Lipinski definition) is 5. The average Bonchev–Trinajstić information content (AvgIpc) is 3.13. The smallest absolute Gasteiger partial charge is 0.416 e. The molecule has 186 valence electrons. The van der Waals surface area contributed by atoms with Crippen molar-refractivity contribution in [3.63, 3.8) is 0 Å². The molecule has 3 aromatic rings. The van der Waals surface area contributed by atoms with Crippen LogP contribution < -0.4 is 14.4 Å². The lowest BCUT2D eigenvalue weighted by molar-refractivity contribution is -0.137. The lowest BCUT2D eigenvalue weighted by Gasteiger charge is -2.26. The SMILES string of the molecule is COc1ccc(C2/C(=C(\O)c3ccc(F)cc3)C(=O)C(=O)N2c2cccc(C(F)(F)F)c2)cc1OC. The molecule has 1 saturated heterocycles. The molecular weight excluding hydrogens is 482 g/mol. The lowest BCUT2D eigenvalue weighted by Crippen LogP contribution is -2.29. The topological polar surface area (TPSA) is 76.1 Å². The van der Waals surface area contributed by atoms with E-state index in [1.54, 1.807) is 0 Å². The van der Waals surface area contributed by atoms with Gasteiger partial charge >= 0.3 is 6.18 Å². The van der Waals surface area contributed by atoms with Gasteiger partial charge in [-0.3, -0.25) is 14.5 Å². The van der Waals surface area contributed by atoms with Crippen LogP contribution in [-0.2, 0) is 15.8 Å². The number of rotatable bonds is 5. The molecule has 0 aliphatic carbocycles. The summed E-state index contributed by atoms with van der Waals surface area (Å²) in [6.45, 7) is 0. The monoisotopic (exact) mass is 501 g/mol. The van der Waals surface area contributed by atoms with Gasteiger partial charge in [0.1, 0.15) is 11.6 Å². The number of carbonyl (C=O) groups is 2. The summed E-state index contributed by atoms with van der Waals surface area (Å²) in [6.07, 6.45) is -4.70. The van der Waals surface area contributed by atoms with Crippen LogP contribution in [-0.4, -0.2) is 31.0 Å². The van der Waals surface area contributed by atoms with Gasteiger partial charge in [0.05, 0.1) is 31.4 Å². The summed E-state index contributed by atoms with van der Waals surface area (Å²) in [5.74, 6) is -2.90. The van der Waals surface area contributed by atoms with E-state index in [-0.39, 0.29) is 28.1 Å². The number of methoxy groups -OCH3 is 2. The van der Waals surface area contributed by atoms with Crippen LogP contribution in [0.15, 0.2) is 72.3 Å². The van der Waals surface area contributed by atoms with Gasteiger partial charge < -0.3 is 14.6 Å². The van der Waals surface area contributed by atoms with E-state index in [4.69, 9.17) is 9.47 Å². The zero-order chi connectivity index (χ0) is 26.2. The van der Waals surface area contributed by atoms with Gasteiger partial charge in [0, 0.05) is 11.3 Å². The van der Waals surface area contributed by atoms with E-state index in [2.05, 4.69) is 0 Å². The maximum absolute atomic E-state index is 13.4. The molecule has 0 saturated carbocycles. The number of ketones is 1. The Kier molecular flexibility index (Phi) is 6.45.